The third-order valence-corrected chi connectivity index (χ3v) is 6.08. The lowest BCUT2D eigenvalue weighted by Crippen LogP contribution is -2.31. The van der Waals surface area contributed by atoms with Crippen LogP contribution in [0.4, 0.5) is 5.69 Å². The Balaban J connectivity index is 1.80. The molecular formula is C23H23NO3S. The van der Waals surface area contributed by atoms with Crippen LogP contribution in [-0.4, -0.2) is 15.0 Å². The Morgan fingerprint density at radius 1 is 0.929 bits per heavy atom. The van der Waals surface area contributed by atoms with E-state index >= 15 is 0 Å². The fraction of sp³-hybridized carbons (Fsp3) is 0.130. The minimum atomic E-state index is -3.68. The van der Waals surface area contributed by atoms with Gasteiger partial charge in [0, 0.05) is 0 Å². The molecule has 28 heavy (non-hydrogen) atoms. The van der Waals surface area contributed by atoms with E-state index in [-0.39, 0.29) is 11.4 Å². The van der Waals surface area contributed by atoms with Gasteiger partial charge in [-0.05, 0) is 48.9 Å². The van der Waals surface area contributed by atoms with E-state index in [1.165, 1.54) is 4.31 Å². The molecule has 144 valence electrons. The number of nitrogens with zero attached hydrogens (tertiary/aromatic N) is 1. The fourth-order valence-corrected chi connectivity index (χ4v) is 4.18. The van der Waals surface area contributed by atoms with Gasteiger partial charge in [0.05, 0.1) is 17.1 Å². The average Bonchev–Trinajstić information content (AvgIpc) is 2.72. The van der Waals surface area contributed by atoms with Crippen LogP contribution in [0.3, 0.4) is 0 Å². The van der Waals surface area contributed by atoms with E-state index in [4.69, 9.17) is 4.74 Å². The lowest BCUT2D eigenvalue weighted by molar-refractivity contribution is 0.306. The molecule has 0 atom stereocenters. The van der Waals surface area contributed by atoms with Crippen LogP contribution >= 0.6 is 0 Å². The average molecular weight is 394 g/mol. The molecule has 0 amide bonds. The van der Waals surface area contributed by atoms with Crippen LogP contribution in [-0.2, 0) is 16.6 Å². The molecule has 0 aliphatic rings. The van der Waals surface area contributed by atoms with E-state index in [1.807, 2.05) is 37.3 Å². The molecule has 0 fully saturated rings. The lowest BCUT2D eigenvalue weighted by atomic mass is 10.2. The third kappa shape index (κ3) is 4.61. The summed E-state index contributed by atoms with van der Waals surface area (Å²) in [5, 5.41) is 0. The molecule has 0 spiro atoms. The van der Waals surface area contributed by atoms with Crippen molar-refractivity contribution in [3.05, 3.63) is 103 Å². The van der Waals surface area contributed by atoms with E-state index in [9.17, 15) is 8.42 Å². The Labute approximate surface area is 166 Å². The number of hydrogen-bond acceptors (Lipinski definition) is 3. The quantitative estimate of drug-likeness (QED) is 0.509. The number of sulfonamides is 1. The van der Waals surface area contributed by atoms with Crippen molar-refractivity contribution in [2.45, 2.75) is 18.4 Å². The van der Waals surface area contributed by atoms with Crippen molar-refractivity contribution in [1.82, 2.24) is 0 Å². The second kappa shape index (κ2) is 8.76. The third-order valence-electron chi connectivity index (χ3n) is 4.28. The fourth-order valence-electron chi connectivity index (χ4n) is 2.75. The number of ether oxygens (including phenoxy) is 1. The van der Waals surface area contributed by atoms with Crippen molar-refractivity contribution >= 4 is 15.7 Å². The molecule has 3 aromatic carbocycles. The highest BCUT2D eigenvalue weighted by Gasteiger charge is 2.23. The Kier molecular flexibility index (Phi) is 6.16. The lowest BCUT2D eigenvalue weighted by Gasteiger charge is -2.23. The summed E-state index contributed by atoms with van der Waals surface area (Å²) in [7, 11) is -3.68. The molecule has 0 radical (unpaired) electrons. The zero-order chi connectivity index (χ0) is 20.0. The monoisotopic (exact) mass is 393 g/mol. The molecule has 0 unspecified atom stereocenters. The highest BCUT2D eigenvalue weighted by atomic mass is 32.2. The summed E-state index contributed by atoms with van der Waals surface area (Å²) in [6.07, 6.45) is 1.57. The maximum Gasteiger partial charge on any atom is 0.264 e. The summed E-state index contributed by atoms with van der Waals surface area (Å²) < 4.78 is 33.3. The maximum atomic E-state index is 13.1. The van der Waals surface area contributed by atoms with Gasteiger partial charge in [-0.2, -0.15) is 0 Å². The smallest absolute Gasteiger partial charge is 0.264 e. The van der Waals surface area contributed by atoms with Gasteiger partial charge in [-0.15, -0.1) is 6.58 Å². The summed E-state index contributed by atoms with van der Waals surface area (Å²) in [5.74, 6) is 0.680. The van der Waals surface area contributed by atoms with Crippen molar-refractivity contribution in [3.63, 3.8) is 0 Å². The predicted octanol–water partition coefficient (Wildman–Crippen LogP) is 4.96. The van der Waals surface area contributed by atoms with Gasteiger partial charge >= 0.3 is 0 Å². The van der Waals surface area contributed by atoms with Gasteiger partial charge in [0.2, 0.25) is 0 Å². The Morgan fingerprint density at radius 2 is 1.57 bits per heavy atom. The van der Waals surface area contributed by atoms with Crippen LogP contribution in [0.2, 0.25) is 0 Å². The minimum absolute atomic E-state index is 0.181. The van der Waals surface area contributed by atoms with Gasteiger partial charge in [0.1, 0.15) is 12.4 Å². The number of rotatable bonds is 8. The molecule has 4 nitrogen and oxygen atoms in total. The van der Waals surface area contributed by atoms with Gasteiger partial charge in [-0.3, -0.25) is 4.31 Å². The molecule has 3 rings (SSSR count). The summed E-state index contributed by atoms with van der Waals surface area (Å²) in [5.41, 5.74) is 2.64. The van der Waals surface area contributed by atoms with Crippen LogP contribution in [0.25, 0.3) is 0 Å². The highest BCUT2D eigenvalue weighted by Crippen LogP contribution is 2.26. The Hall–Kier alpha value is -3.05. The first-order valence-electron chi connectivity index (χ1n) is 8.98. The topological polar surface area (TPSA) is 46.6 Å². The number of anilines is 1. The molecule has 0 aliphatic heterocycles. The number of aryl methyl sites for hydroxylation is 1. The molecular weight excluding hydrogens is 370 g/mol. The molecule has 0 saturated carbocycles. The molecule has 3 aromatic rings. The van der Waals surface area contributed by atoms with Crippen LogP contribution < -0.4 is 9.04 Å². The molecule has 5 heteroatoms. The van der Waals surface area contributed by atoms with Crippen molar-refractivity contribution in [3.8, 4) is 5.75 Å². The predicted molar refractivity (Wildman–Crippen MR) is 113 cm³/mol. The summed E-state index contributed by atoms with van der Waals surface area (Å²) in [6, 6.07) is 23.7. The van der Waals surface area contributed by atoms with Crippen molar-refractivity contribution in [2.75, 3.05) is 10.8 Å². The second-order valence-corrected chi connectivity index (χ2v) is 8.27. The summed E-state index contributed by atoms with van der Waals surface area (Å²) in [4.78, 5) is 0.254. The second-order valence-electron chi connectivity index (χ2n) is 6.41. The van der Waals surface area contributed by atoms with E-state index in [1.54, 1.807) is 54.6 Å². The normalized spacial score (nSPS) is 11.0. The van der Waals surface area contributed by atoms with Crippen LogP contribution in [0.15, 0.2) is 96.4 Å². The van der Waals surface area contributed by atoms with Gasteiger partial charge in [-0.25, -0.2) is 8.42 Å². The molecule has 0 N–H and O–H groups in total. The Bertz CT molecular complexity index is 1010. The summed E-state index contributed by atoms with van der Waals surface area (Å²) >= 11 is 0. The van der Waals surface area contributed by atoms with Crippen molar-refractivity contribution in [1.29, 1.82) is 0 Å². The zero-order valence-electron chi connectivity index (χ0n) is 15.8. The first kappa shape index (κ1) is 19.7. The SMILES string of the molecule is C=CCN(c1ccc(OCc2ccccc2)cc1)S(=O)(=O)c1ccc(C)cc1. The maximum absolute atomic E-state index is 13.1. The van der Waals surface area contributed by atoms with E-state index in [0.717, 1.165) is 11.1 Å². The first-order valence-corrected chi connectivity index (χ1v) is 10.4. The van der Waals surface area contributed by atoms with Gasteiger partial charge in [0.25, 0.3) is 10.0 Å². The molecule has 0 aliphatic carbocycles. The van der Waals surface area contributed by atoms with Crippen LogP contribution in [0.5, 0.6) is 5.75 Å². The minimum Gasteiger partial charge on any atom is -0.489 e. The number of benzene rings is 3. The highest BCUT2D eigenvalue weighted by molar-refractivity contribution is 7.92. The molecule has 0 saturated heterocycles. The van der Waals surface area contributed by atoms with Crippen LogP contribution in [0, 0.1) is 6.92 Å². The van der Waals surface area contributed by atoms with E-state index in [0.29, 0.717) is 18.0 Å². The largest absolute Gasteiger partial charge is 0.489 e. The molecule has 0 bridgehead atoms. The van der Waals surface area contributed by atoms with E-state index < -0.39 is 10.0 Å². The van der Waals surface area contributed by atoms with Crippen LogP contribution in [0.1, 0.15) is 11.1 Å². The molecule has 0 heterocycles. The van der Waals surface area contributed by atoms with Gasteiger partial charge < -0.3 is 4.74 Å². The van der Waals surface area contributed by atoms with Gasteiger partial charge in [0.15, 0.2) is 0 Å². The van der Waals surface area contributed by atoms with E-state index in [2.05, 4.69) is 6.58 Å². The van der Waals surface area contributed by atoms with Crippen molar-refractivity contribution in [2.24, 2.45) is 0 Å². The van der Waals surface area contributed by atoms with Gasteiger partial charge in [-0.1, -0.05) is 54.1 Å². The Morgan fingerprint density at radius 3 is 2.18 bits per heavy atom. The van der Waals surface area contributed by atoms with Crippen molar-refractivity contribution < 1.29 is 13.2 Å². The standard InChI is InChI=1S/C23H23NO3S/c1-3-17-24(28(25,26)23-15-9-19(2)10-16-23)21-11-13-22(14-12-21)27-18-20-7-5-4-6-8-20/h3-16H,1,17-18H2,2H3. The molecule has 0 aromatic heterocycles. The number of hydrogen-bond donors (Lipinski definition) is 0. The summed E-state index contributed by atoms with van der Waals surface area (Å²) in [6.45, 7) is 6.26. The zero-order valence-corrected chi connectivity index (χ0v) is 16.6. The first-order chi connectivity index (χ1) is 13.5.